The first-order valence-corrected chi connectivity index (χ1v) is 6.85. The van der Waals surface area contributed by atoms with E-state index in [1.54, 1.807) is 0 Å². The van der Waals surface area contributed by atoms with Gasteiger partial charge in [0.1, 0.15) is 0 Å². The highest BCUT2D eigenvalue weighted by molar-refractivity contribution is 5.79. The van der Waals surface area contributed by atoms with Gasteiger partial charge in [-0.2, -0.15) is 0 Å². The summed E-state index contributed by atoms with van der Waals surface area (Å²) in [5.41, 5.74) is -0.655. The summed E-state index contributed by atoms with van der Waals surface area (Å²) in [6, 6.07) is 0. The molecule has 3 heteroatoms. The third kappa shape index (κ3) is 3.56. The van der Waals surface area contributed by atoms with Crippen LogP contribution in [0.5, 0.6) is 0 Å². The molecule has 0 aromatic rings. The minimum Gasteiger partial charge on any atom is -0.388 e. The Balaban J connectivity index is 1.77. The highest BCUT2D eigenvalue weighted by Crippen LogP contribution is 2.26. The molecule has 2 aliphatic carbocycles. The monoisotopic (exact) mass is 237 g/mol. The Morgan fingerprint density at radius 1 is 1.18 bits per heavy atom. The van der Waals surface area contributed by atoms with Gasteiger partial charge in [0.05, 0.1) is 5.60 Å². The quantitative estimate of drug-likeness (QED) is 0.583. The largest absolute Gasteiger partial charge is 0.388 e. The molecule has 0 heterocycles. The van der Waals surface area contributed by atoms with Crippen LogP contribution in [0.4, 0.5) is 0 Å². The summed E-state index contributed by atoms with van der Waals surface area (Å²) in [6.45, 7) is 0.433. The van der Waals surface area contributed by atoms with E-state index in [1.807, 2.05) is 0 Å². The maximum absolute atomic E-state index is 11.9. The minimum absolute atomic E-state index is 0.101. The molecule has 0 saturated heterocycles. The van der Waals surface area contributed by atoms with Crippen molar-refractivity contribution in [3.05, 3.63) is 12.2 Å². The fourth-order valence-corrected chi connectivity index (χ4v) is 2.79. The van der Waals surface area contributed by atoms with Crippen molar-refractivity contribution in [2.45, 2.75) is 57.0 Å². The van der Waals surface area contributed by atoms with Crippen LogP contribution in [-0.4, -0.2) is 23.2 Å². The minimum atomic E-state index is -0.655. The highest BCUT2D eigenvalue weighted by Gasteiger charge is 2.29. The number of rotatable bonds is 3. The maximum Gasteiger partial charge on any atom is 0.223 e. The first kappa shape index (κ1) is 12.6. The standard InChI is InChI=1S/C14H23NO2/c16-13(12-7-3-4-8-12)15-11-14(17)9-5-1-2-6-10-14/h3-4,12,17H,1-2,5-11H2,(H,15,16). The van der Waals surface area contributed by atoms with Crippen LogP contribution in [0.1, 0.15) is 51.4 Å². The number of carbonyl (C=O) groups excluding carboxylic acids is 1. The van der Waals surface area contributed by atoms with E-state index >= 15 is 0 Å². The maximum atomic E-state index is 11.9. The summed E-state index contributed by atoms with van der Waals surface area (Å²) in [5, 5.41) is 13.3. The zero-order chi connectivity index (χ0) is 12.1. The van der Waals surface area contributed by atoms with Gasteiger partial charge in [-0.15, -0.1) is 0 Å². The van der Waals surface area contributed by atoms with E-state index in [-0.39, 0.29) is 11.8 Å². The van der Waals surface area contributed by atoms with Crippen molar-refractivity contribution in [1.29, 1.82) is 0 Å². The number of hydrogen-bond donors (Lipinski definition) is 2. The van der Waals surface area contributed by atoms with E-state index in [2.05, 4.69) is 17.5 Å². The molecule has 17 heavy (non-hydrogen) atoms. The fraction of sp³-hybridized carbons (Fsp3) is 0.786. The van der Waals surface area contributed by atoms with E-state index in [9.17, 15) is 9.90 Å². The van der Waals surface area contributed by atoms with Gasteiger partial charge in [-0.05, 0) is 25.7 Å². The molecule has 0 bridgehead atoms. The summed E-state index contributed by atoms with van der Waals surface area (Å²) >= 11 is 0. The summed E-state index contributed by atoms with van der Waals surface area (Å²) < 4.78 is 0. The van der Waals surface area contributed by atoms with Gasteiger partial charge >= 0.3 is 0 Å². The van der Waals surface area contributed by atoms with Crippen LogP contribution in [0.2, 0.25) is 0 Å². The number of nitrogens with one attached hydrogen (secondary N) is 1. The molecule has 2 rings (SSSR count). The Morgan fingerprint density at radius 3 is 2.35 bits per heavy atom. The van der Waals surface area contributed by atoms with Crippen molar-refractivity contribution >= 4 is 5.91 Å². The van der Waals surface area contributed by atoms with Crippen molar-refractivity contribution in [2.75, 3.05) is 6.54 Å². The molecule has 3 nitrogen and oxygen atoms in total. The number of amides is 1. The topological polar surface area (TPSA) is 49.3 Å². The van der Waals surface area contributed by atoms with Crippen molar-refractivity contribution in [3.63, 3.8) is 0 Å². The summed E-state index contributed by atoms with van der Waals surface area (Å²) in [4.78, 5) is 11.9. The van der Waals surface area contributed by atoms with Crippen molar-refractivity contribution in [2.24, 2.45) is 5.92 Å². The second-order valence-corrected chi connectivity index (χ2v) is 5.50. The molecule has 0 aromatic heterocycles. The molecule has 0 aromatic carbocycles. The van der Waals surface area contributed by atoms with Crippen molar-refractivity contribution in [1.82, 2.24) is 5.32 Å². The first-order valence-electron chi connectivity index (χ1n) is 6.85. The molecule has 1 fully saturated rings. The third-order valence-electron chi connectivity index (χ3n) is 4.00. The van der Waals surface area contributed by atoms with Gasteiger partial charge in [-0.3, -0.25) is 4.79 Å². The predicted octanol–water partition coefficient (Wildman–Crippen LogP) is 2.15. The van der Waals surface area contributed by atoms with E-state index in [0.717, 1.165) is 38.5 Å². The number of carbonyl (C=O) groups is 1. The summed E-state index contributed by atoms with van der Waals surface area (Å²) in [6.07, 6.45) is 12.1. The Kier molecular flexibility index (Phi) is 4.21. The lowest BCUT2D eigenvalue weighted by atomic mass is 9.94. The third-order valence-corrected chi connectivity index (χ3v) is 4.00. The van der Waals surface area contributed by atoms with E-state index in [0.29, 0.717) is 6.54 Å². The lowest BCUT2D eigenvalue weighted by Crippen LogP contribution is -2.44. The van der Waals surface area contributed by atoms with E-state index < -0.39 is 5.60 Å². The number of hydrogen-bond acceptors (Lipinski definition) is 2. The van der Waals surface area contributed by atoms with Crippen LogP contribution < -0.4 is 5.32 Å². The molecular formula is C14H23NO2. The van der Waals surface area contributed by atoms with Gasteiger partial charge in [0.15, 0.2) is 0 Å². The predicted molar refractivity (Wildman–Crippen MR) is 67.5 cm³/mol. The van der Waals surface area contributed by atoms with Crippen molar-refractivity contribution in [3.8, 4) is 0 Å². The Morgan fingerprint density at radius 2 is 1.76 bits per heavy atom. The van der Waals surface area contributed by atoms with Crippen LogP contribution in [0, 0.1) is 5.92 Å². The zero-order valence-electron chi connectivity index (χ0n) is 10.5. The Hall–Kier alpha value is -0.830. The number of aliphatic hydroxyl groups is 1. The highest BCUT2D eigenvalue weighted by atomic mass is 16.3. The SMILES string of the molecule is O=C(NCC1(O)CCCCCC1)C1CC=CC1. The van der Waals surface area contributed by atoms with Crippen LogP contribution in [0.3, 0.4) is 0 Å². The summed E-state index contributed by atoms with van der Waals surface area (Å²) in [5.74, 6) is 0.206. The smallest absolute Gasteiger partial charge is 0.223 e. The molecule has 0 spiro atoms. The molecule has 0 unspecified atom stereocenters. The fourth-order valence-electron chi connectivity index (χ4n) is 2.79. The van der Waals surface area contributed by atoms with Crippen LogP contribution >= 0.6 is 0 Å². The van der Waals surface area contributed by atoms with Gasteiger partial charge < -0.3 is 10.4 Å². The second kappa shape index (κ2) is 5.67. The average Bonchev–Trinajstić information content (AvgIpc) is 2.77. The molecule has 1 amide bonds. The Bertz CT molecular complexity index is 283. The van der Waals surface area contributed by atoms with Gasteiger partial charge in [0, 0.05) is 12.5 Å². The summed E-state index contributed by atoms with van der Waals surface area (Å²) in [7, 11) is 0. The van der Waals surface area contributed by atoms with Crippen molar-refractivity contribution < 1.29 is 9.90 Å². The molecule has 0 radical (unpaired) electrons. The molecule has 2 aliphatic rings. The van der Waals surface area contributed by atoms with Gasteiger partial charge in [0.2, 0.25) is 5.91 Å². The van der Waals surface area contributed by atoms with Crippen LogP contribution in [0.25, 0.3) is 0 Å². The second-order valence-electron chi connectivity index (χ2n) is 5.50. The van der Waals surface area contributed by atoms with Gasteiger partial charge in [-0.25, -0.2) is 0 Å². The molecule has 0 atom stereocenters. The van der Waals surface area contributed by atoms with Crippen LogP contribution in [0.15, 0.2) is 12.2 Å². The molecule has 1 saturated carbocycles. The first-order chi connectivity index (χ1) is 8.20. The average molecular weight is 237 g/mol. The van der Waals surface area contributed by atoms with Crippen LogP contribution in [-0.2, 0) is 4.79 Å². The van der Waals surface area contributed by atoms with Gasteiger partial charge in [-0.1, -0.05) is 37.8 Å². The lowest BCUT2D eigenvalue weighted by molar-refractivity contribution is -0.126. The molecular weight excluding hydrogens is 214 g/mol. The molecule has 96 valence electrons. The van der Waals surface area contributed by atoms with E-state index in [4.69, 9.17) is 0 Å². The van der Waals surface area contributed by atoms with E-state index in [1.165, 1.54) is 12.8 Å². The lowest BCUT2D eigenvalue weighted by Gasteiger charge is -2.27. The Labute approximate surface area is 103 Å². The number of allylic oxidation sites excluding steroid dienone is 2. The van der Waals surface area contributed by atoms with Gasteiger partial charge in [0.25, 0.3) is 0 Å². The molecule has 0 aliphatic heterocycles. The normalized spacial score (nSPS) is 24.5. The molecule has 2 N–H and O–H groups in total. The zero-order valence-corrected chi connectivity index (χ0v) is 10.5.